The number of anilines is 1. The molecule has 2 rings (SSSR count). The van der Waals surface area contributed by atoms with Gasteiger partial charge in [0.05, 0.1) is 38.9 Å². The Kier molecular flexibility index (Phi) is 12.7. The largest absolute Gasteiger partial charge is 1.00 e. The average Bonchev–Trinajstić information content (AvgIpc) is 2.99. The van der Waals surface area contributed by atoms with Crippen LogP contribution in [-0.2, 0) is 0 Å². The molecule has 1 aromatic carbocycles. The van der Waals surface area contributed by atoms with Crippen molar-refractivity contribution < 1.29 is 28.5 Å². The van der Waals surface area contributed by atoms with Gasteiger partial charge in [0.2, 0.25) is 6.29 Å². The van der Waals surface area contributed by atoms with Crippen molar-refractivity contribution in [1.82, 2.24) is 9.80 Å². The molecule has 0 fully saturated rings. The number of halogens is 2. The quantitative estimate of drug-likeness (QED) is 0.237. The topological polar surface area (TPSA) is 34.4 Å². The second kappa shape index (κ2) is 12.9. The van der Waals surface area contributed by atoms with Crippen molar-refractivity contribution in [2.75, 3.05) is 58.8 Å². The van der Waals surface area contributed by atoms with Gasteiger partial charge in [-0.2, -0.15) is 5.11 Å². The van der Waals surface area contributed by atoms with Crippen LogP contribution in [0.5, 0.6) is 0 Å². The summed E-state index contributed by atoms with van der Waals surface area (Å²) in [5, 5.41) is 9.01. The van der Waals surface area contributed by atoms with Crippen molar-refractivity contribution in [2.45, 2.75) is 34.0 Å². The van der Waals surface area contributed by atoms with E-state index in [4.69, 9.17) is 0 Å². The van der Waals surface area contributed by atoms with E-state index in [-0.39, 0.29) is 54.2 Å². The van der Waals surface area contributed by atoms with Gasteiger partial charge in [-0.1, -0.05) is 0 Å². The van der Waals surface area contributed by atoms with Crippen molar-refractivity contribution in [1.29, 1.82) is 0 Å². The highest BCUT2D eigenvalue weighted by Crippen LogP contribution is 2.26. The first-order chi connectivity index (χ1) is 12.8. The molecule has 0 atom stereocenters. The molecule has 1 aliphatic rings. The molecule has 1 aromatic rings. The molecule has 166 valence electrons. The first kappa shape index (κ1) is 28.4. The Hall–Kier alpha value is -0.620. The Morgan fingerprint density at radius 3 is 2.14 bits per heavy atom. The van der Waals surface area contributed by atoms with Crippen molar-refractivity contribution in [2.24, 2.45) is 10.2 Å². The zero-order chi connectivity index (χ0) is 20.0. The Balaban J connectivity index is 0.00000392. The lowest BCUT2D eigenvalue weighted by molar-refractivity contribution is -0.904. The summed E-state index contributed by atoms with van der Waals surface area (Å²) in [6.07, 6.45) is 3.96. The minimum atomic E-state index is -0.0604. The molecule has 0 unspecified atom stereocenters. The number of aryl methyl sites for hydroxylation is 1. The van der Waals surface area contributed by atoms with Crippen LogP contribution in [0.2, 0.25) is 0 Å². The molecular weight excluding hydrogens is 590 g/mol. The lowest BCUT2D eigenvalue weighted by atomic mass is 10.1. The highest BCUT2D eigenvalue weighted by molar-refractivity contribution is 14.0. The highest BCUT2D eigenvalue weighted by atomic mass is 127. The zero-order valence-electron chi connectivity index (χ0n) is 19.0. The maximum absolute atomic E-state index is 4.51. The van der Waals surface area contributed by atoms with Crippen LogP contribution in [0, 0.1) is 6.92 Å². The first-order valence-electron chi connectivity index (χ1n) is 10.1. The van der Waals surface area contributed by atoms with Crippen LogP contribution in [0.15, 0.2) is 40.8 Å². The molecule has 1 heterocycles. The maximum atomic E-state index is 4.51. The maximum Gasteiger partial charge on any atom is 0.217 e. The molecule has 0 radical (unpaired) electrons. The Morgan fingerprint density at radius 1 is 1.07 bits per heavy atom. The molecule has 6 nitrogen and oxygen atoms in total. The highest BCUT2D eigenvalue weighted by Gasteiger charge is 2.20. The predicted octanol–water partition coefficient (Wildman–Crippen LogP) is 1.65. The summed E-state index contributed by atoms with van der Waals surface area (Å²) in [5.41, 5.74) is 3.37. The second-order valence-electron chi connectivity index (χ2n) is 7.72. The van der Waals surface area contributed by atoms with Gasteiger partial charge in [-0.05, 0) is 51.5 Å². The van der Waals surface area contributed by atoms with Crippen molar-refractivity contribution in [3.8, 4) is 0 Å². The van der Waals surface area contributed by atoms with Crippen molar-refractivity contribution in [3.63, 3.8) is 0 Å². The average molecular weight is 628 g/mol. The number of quaternary nitrogens is 1. The summed E-state index contributed by atoms with van der Waals surface area (Å²) in [5.74, 6) is 0. The molecule has 0 saturated heterocycles. The van der Waals surface area contributed by atoms with Crippen LogP contribution in [0.3, 0.4) is 0 Å². The minimum absolute atomic E-state index is 0. The third kappa shape index (κ3) is 7.54. The predicted molar refractivity (Wildman–Crippen MR) is 130 cm³/mol. The lowest BCUT2D eigenvalue weighted by Gasteiger charge is -2.35. The van der Waals surface area contributed by atoms with E-state index in [1.54, 1.807) is 0 Å². The van der Waals surface area contributed by atoms with Gasteiger partial charge in [0, 0.05) is 38.7 Å². The van der Waals surface area contributed by atoms with Crippen molar-refractivity contribution >= 4 is 35.4 Å². The van der Waals surface area contributed by atoms with Gasteiger partial charge < -0.3 is 43.2 Å². The summed E-state index contributed by atoms with van der Waals surface area (Å²) >= 11 is 0. The molecule has 0 bridgehead atoms. The summed E-state index contributed by atoms with van der Waals surface area (Å²) in [4.78, 5) is 6.55. The second-order valence-corrected chi connectivity index (χ2v) is 7.72. The van der Waals surface area contributed by atoms with E-state index in [9.17, 15) is 0 Å². The number of hydrogen-bond donors (Lipinski definition) is 0. The van der Waals surface area contributed by atoms with E-state index in [0.717, 1.165) is 35.4 Å². The van der Waals surface area contributed by atoms with Gasteiger partial charge in [-0.25, -0.2) is 0 Å². The standard InChI is InChI=1S/C21H37N6.2HI/c1-8-26(15-16-27(7,9-2)10-3)19-11-12-20(18(4)17-19)22-23-21-24(5)13-14-25(21)6;;/h11-14,17,21H,8-10,15-16H2,1-7H3;2*1H/q+1;;/p-1. The summed E-state index contributed by atoms with van der Waals surface area (Å²) in [7, 11) is 6.36. The monoisotopic (exact) mass is 628 g/mol. The summed E-state index contributed by atoms with van der Waals surface area (Å²) < 4.78 is 1.11. The first-order valence-corrected chi connectivity index (χ1v) is 10.1. The molecule has 0 N–H and O–H groups in total. The minimum Gasteiger partial charge on any atom is -1.00 e. The SMILES string of the molecule is CCN(CC[N+](C)(CC)CC)c1ccc(N=NC2N(C)C=CN2C)c(C)c1.I.[I-]. The Bertz CT molecular complexity index is 663. The van der Waals surface area contributed by atoms with Crippen LogP contribution in [0.1, 0.15) is 26.3 Å². The van der Waals surface area contributed by atoms with Gasteiger partial charge in [0.1, 0.15) is 0 Å². The van der Waals surface area contributed by atoms with Gasteiger partial charge in [-0.15, -0.1) is 29.1 Å². The third-order valence-electron chi connectivity index (χ3n) is 5.90. The van der Waals surface area contributed by atoms with E-state index < -0.39 is 0 Å². The fourth-order valence-electron chi connectivity index (χ4n) is 3.25. The summed E-state index contributed by atoms with van der Waals surface area (Å²) in [6, 6.07) is 6.50. The van der Waals surface area contributed by atoms with Gasteiger partial charge in [-0.3, -0.25) is 0 Å². The fraction of sp³-hybridized carbons (Fsp3) is 0.619. The molecule has 1 aliphatic heterocycles. The zero-order valence-corrected chi connectivity index (χ0v) is 23.5. The van der Waals surface area contributed by atoms with E-state index >= 15 is 0 Å². The molecular formula is C21H38I2N6. The van der Waals surface area contributed by atoms with Crippen LogP contribution in [0.4, 0.5) is 11.4 Å². The van der Waals surface area contributed by atoms with Crippen molar-refractivity contribution in [3.05, 3.63) is 36.2 Å². The molecule has 29 heavy (non-hydrogen) atoms. The number of hydrogen-bond acceptors (Lipinski definition) is 5. The molecule has 0 aromatic heterocycles. The Morgan fingerprint density at radius 2 is 1.66 bits per heavy atom. The molecule has 0 aliphatic carbocycles. The number of nitrogens with zero attached hydrogens (tertiary/aromatic N) is 6. The van der Waals surface area contributed by atoms with Crippen LogP contribution in [-0.4, -0.2) is 74.4 Å². The number of likely N-dealkylation sites (N-methyl/N-ethyl adjacent to an activating group) is 2. The van der Waals surface area contributed by atoms with Crippen LogP contribution in [0.25, 0.3) is 0 Å². The summed E-state index contributed by atoms with van der Waals surface area (Å²) in [6.45, 7) is 14.5. The molecule has 0 saturated carbocycles. The third-order valence-corrected chi connectivity index (χ3v) is 5.90. The molecule has 0 spiro atoms. The lowest BCUT2D eigenvalue weighted by Crippen LogP contribution is -3.00. The smallest absolute Gasteiger partial charge is 0.217 e. The van der Waals surface area contributed by atoms with Gasteiger partial charge >= 0.3 is 0 Å². The van der Waals surface area contributed by atoms with Crippen LogP contribution >= 0.6 is 24.0 Å². The Labute approximate surface area is 211 Å². The van der Waals surface area contributed by atoms with Gasteiger partial charge in [0.15, 0.2) is 0 Å². The number of rotatable bonds is 9. The number of benzene rings is 1. The van der Waals surface area contributed by atoms with E-state index in [1.165, 1.54) is 18.8 Å². The normalized spacial score (nSPS) is 14.3. The van der Waals surface area contributed by atoms with Gasteiger partial charge in [0.25, 0.3) is 0 Å². The number of azo groups is 1. The van der Waals surface area contributed by atoms with Crippen LogP contribution < -0.4 is 28.9 Å². The molecule has 0 amide bonds. The fourth-order valence-corrected chi connectivity index (χ4v) is 3.25. The van der Waals surface area contributed by atoms with E-state index in [2.05, 4.69) is 68.1 Å². The van der Waals surface area contributed by atoms with E-state index in [1.807, 2.05) is 36.3 Å². The van der Waals surface area contributed by atoms with E-state index in [0.29, 0.717) is 0 Å². The molecule has 8 heteroatoms.